The number of benzene rings is 1. The first-order chi connectivity index (χ1) is 7.61. The first-order valence-electron chi connectivity index (χ1n) is 5.38. The van der Waals surface area contributed by atoms with Crippen molar-refractivity contribution < 1.29 is 0 Å². The van der Waals surface area contributed by atoms with Crippen molar-refractivity contribution >= 4 is 5.82 Å². The third kappa shape index (κ3) is 1.66. The normalized spacial score (nSPS) is 11.0. The van der Waals surface area contributed by atoms with E-state index < -0.39 is 0 Å². The molecule has 16 heavy (non-hydrogen) atoms. The minimum atomic E-state index is 0.249. The Hall–Kier alpha value is -1.84. The van der Waals surface area contributed by atoms with E-state index in [1.165, 1.54) is 5.56 Å². The minimum absolute atomic E-state index is 0.249. The molecule has 0 fully saturated rings. The number of hydrogen-bond donors (Lipinski definition) is 1. The van der Waals surface area contributed by atoms with Crippen molar-refractivity contribution in [3.8, 4) is 11.3 Å². The molecule has 4 nitrogen and oxygen atoms in total. The molecular formula is C12H16N4. The van der Waals surface area contributed by atoms with Crippen LogP contribution in [0.15, 0.2) is 24.3 Å². The maximum absolute atomic E-state index is 5.89. The fraction of sp³-hybridized carbons (Fsp3) is 0.333. The Labute approximate surface area is 95.1 Å². The van der Waals surface area contributed by atoms with Crippen LogP contribution in [0.3, 0.4) is 0 Å². The standard InChI is InChI=1S/C12H16N4/c1-8(2)16-11(12(13)14-15-16)10-7-5-4-6-9(10)3/h4-8H,13H2,1-3H3. The van der Waals surface area contributed by atoms with Crippen molar-refractivity contribution in [1.29, 1.82) is 0 Å². The van der Waals surface area contributed by atoms with Gasteiger partial charge in [0.25, 0.3) is 0 Å². The molecule has 0 aliphatic carbocycles. The summed E-state index contributed by atoms with van der Waals surface area (Å²) in [6, 6.07) is 8.37. The average Bonchev–Trinajstić information content (AvgIpc) is 2.61. The van der Waals surface area contributed by atoms with Crippen molar-refractivity contribution in [2.75, 3.05) is 5.73 Å². The molecule has 0 amide bonds. The zero-order chi connectivity index (χ0) is 11.7. The second-order valence-electron chi connectivity index (χ2n) is 4.18. The Kier molecular flexibility index (Phi) is 2.64. The van der Waals surface area contributed by atoms with Crippen molar-refractivity contribution in [3.63, 3.8) is 0 Å². The lowest BCUT2D eigenvalue weighted by Crippen LogP contribution is -2.06. The van der Waals surface area contributed by atoms with E-state index in [0.29, 0.717) is 5.82 Å². The highest BCUT2D eigenvalue weighted by molar-refractivity contribution is 5.72. The molecular weight excluding hydrogens is 200 g/mol. The van der Waals surface area contributed by atoms with Gasteiger partial charge in [-0.3, -0.25) is 0 Å². The second kappa shape index (κ2) is 3.96. The van der Waals surface area contributed by atoms with E-state index in [1.54, 1.807) is 0 Å². The third-order valence-corrected chi connectivity index (χ3v) is 2.61. The molecule has 1 aromatic carbocycles. The predicted molar refractivity (Wildman–Crippen MR) is 65.0 cm³/mol. The maximum atomic E-state index is 5.89. The number of nitrogens with two attached hydrogens (primary N) is 1. The monoisotopic (exact) mass is 216 g/mol. The van der Waals surface area contributed by atoms with E-state index in [9.17, 15) is 0 Å². The van der Waals surface area contributed by atoms with E-state index in [4.69, 9.17) is 5.73 Å². The number of anilines is 1. The SMILES string of the molecule is Cc1ccccc1-c1c(N)nnn1C(C)C. The second-order valence-corrected chi connectivity index (χ2v) is 4.18. The molecule has 4 heteroatoms. The zero-order valence-electron chi connectivity index (χ0n) is 9.81. The number of nitrogens with zero attached hydrogens (tertiary/aromatic N) is 3. The molecule has 0 saturated carbocycles. The molecule has 2 aromatic rings. The van der Waals surface area contributed by atoms with Crippen LogP contribution in [0.5, 0.6) is 0 Å². The molecule has 0 unspecified atom stereocenters. The van der Waals surface area contributed by atoms with Gasteiger partial charge in [0.1, 0.15) is 5.69 Å². The Balaban J connectivity index is 2.64. The highest BCUT2D eigenvalue weighted by Gasteiger charge is 2.15. The number of hydrogen-bond acceptors (Lipinski definition) is 3. The van der Waals surface area contributed by atoms with Crippen LogP contribution < -0.4 is 5.73 Å². The van der Waals surface area contributed by atoms with E-state index >= 15 is 0 Å². The minimum Gasteiger partial charge on any atom is -0.380 e. The summed E-state index contributed by atoms with van der Waals surface area (Å²) < 4.78 is 1.86. The fourth-order valence-electron chi connectivity index (χ4n) is 1.77. The van der Waals surface area contributed by atoms with Crippen LogP contribution >= 0.6 is 0 Å². The largest absolute Gasteiger partial charge is 0.380 e. The summed E-state index contributed by atoms with van der Waals surface area (Å²) in [7, 11) is 0. The molecule has 1 aromatic heterocycles. The van der Waals surface area contributed by atoms with Gasteiger partial charge in [0.15, 0.2) is 5.82 Å². The van der Waals surface area contributed by atoms with Gasteiger partial charge in [-0.25, -0.2) is 4.68 Å². The van der Waals surface area contributed by atoms with Gasteiger partial charge in [0.05, 0.1) is 0 Å². The Bertz CT molecular complexity index is 499. The van der Waals surface area contributed by atoms with Crippen LogP contribution in [0, 0.1) is 6.92 Å². The van der Waals surface area contributed by atoms with Crippen molar-refractivity contribution in [2.24, 2.45) is 0 Å². The van der Waals surface area contributed by atoms with Crippen LogP contribution in [0.4, 0.5) is 5.82 Å². The first-order valence-corrected chi connectivity index (χ1v) is 5.38. The molecule has 0 saturated heterocycles. The smallest absolute Gasteiger partial charge is 0.174 e. The van der Waals surface area contributed by atoms with Crippen LogP contribution in [0.1, 0.15) is 25.5 Å². The molecule has 0 radical (unpaired) electrons. The fourth-order valence-corrected chi connectivity index (χ4v) is 1.77. The lowest BCUT2D eigenvalue weighted by Gasteiger charge is -2.11. The van der Waals surface area contributed by atoms with Crippen molar-refractivity contribution in [2.45, 2.75) is 26.8 Å². The van der Waals surface area contributed by atoms with Gasteiger partial charge in [-0.2, -0.15) is 0 Å². The zero-order valence-corrected chi connectivity index (χ0v) is 9.81. The summed E-state index contributed by atoms with van der Waals surface area (Å²) in [6.07, 6.45) is 0. The third-order valence-electron chi connectivity index (χ3n) is 2.61. The van der Waals surface area contributed by atoms with Gasteiger partial charge in [0.2, 0.25) is 0 Å². The first kappa shape index (κ1) is 10.7. The predicted octanol–water partition coefficient (Wildman–Crippen LogP) is 2.42. The van der Waals surface area contributed by atoms with Crippen LogP contribution in [0.2, 0.25) is 0 Å². The molecule has 0 aliphatic heterocycles. The van der Waals surface area contributed by atoms with Gasteiger partial charge in [-0.1, -0.05) is 29.5 Å². The summed E-state index contributed by atoms with van der Waals surface area (Å²) in [5, 5.41) is 8.02. The Morgan fingerprint density at radius 1 is 1.25 bits per heavy atom. The molecule has 0 spiro atoms. The lowest BCUT2D eigenvalue weighted by atomic mass is 10.1. The lowest BCUT2D eigenvalue weighted by molar-refractivity contribution is 0.519. The Morgan fingerprint density at radius 3 is 2.56 bits per heavy atom. The molecule has 0 aliphatic rings. The summed E-state index contributed by atoms with van der Waals surface area (Å²) in [5.74, 6) is 0.489. The summed E-state index contributed by atoms with van der Waals surface area (Å²) in [4.78, 5) is 0. The molecule has 0 bridgehead atoms. The molecule has 2 N–H and O–H groups in total. The number of aryl methyl sites for hydroxylation is 1. The average molecular weight is 216 g/mol. The Morgan fingerprint density at radius 2 is 1.94 bits per heavy atom. The van der Waals surface area contributed by atoms with Crippen LogP contribution in [-0.4, -0.2) is 15.0 Å². The van der Waals surface area contributed by atoms with E-state index in [0.717, 1.165) is 11.3 Å². The van der Waals surface area contributed by atoms with Gasteiger partial charge in [0, 0.05) is 11.6 Å². The van der Waals surface area contributed by atoms with Gasteiger partial charge >= 0.3 is 0 Å². The highest BCUT2D eigenvalue weighted by atomic mass is 15.5. The molecule has 0 atom stereocenters. The topological polar surface area (TPSA) is 56.7 Å². The maximum Gasteiger partial charge on any atom is 0.174 e. The quantitative estimate of drug-likeness (QED) is 0.838. The summed E-state index contributed by atoms with van der Waals surface area (Å²) >= 11 is 0. The van der Waals surface area contributed by atoms with E-state index in [1.807, 2.05) is 22.9 Å². The number of aromatic nitrogens is 3. The number of rotatable bonds is 2. The molecule has 84 valence electrons. The van der Waals surface area contributed by atoms with Crippen LogP contribution in [-0.2, 0) is 0 Å². The van der Waals surface area contributed by atoms with Gasteiger partial charge in [-0.15, -0.1) is 5.10 Å². The van der Waals surface area contributed by atoms with Crippen LogP contribution in [0.25, 0.3) is 11.3 Å². The van der Waals surface area contributed by atoms with Gasteiger partial charge < -0.3 is 5.73 Å². The van der Waals surface area contributed by atoms with Crippen molar-refractivity contribution in [3.05, 3.63) is 29.8 Å². The molecule has 2 rings (SSSR count). The van der Waals surface area contributed by atoms with Gasteiger partial charge in [-0.05, 0) is 26.3 Å². The van der Waals surface area contributed by atoms with E-state index in [2.05, 4.69) is 37.1 Å². The van der Waals surface area contributed by atoms with E-state index in [-0.39, 0.29) is 6.04 Å². The summed E-state index contributed by atoms with van der Waals surface area (Å²) in [5.41, 5.74) is 9.07. The van der Waals surface area contributed by atoms with Crippen molar-refractivity contribution in [1.82, 2.24) is 15.0 Å². The highest BCUT2D eigenvalue weighted by Crippen LogP contribution is 2.28. The summed E-state index contributed by atoms with van der Waals surface area (Å²) in [6.45, 7) is 6.19. The number of nitrogen functional groups attached to an aromatic ring is 1. The molecule has 1 heterocycles.